The van der Waals surface area contributed by atoms with Crippen LogP contribution in [0.3, 0.4) is 0 Å². The molecule has 100 valence electrons. The largest absolute Gasteiger partial charge is 0.295 e. The number of carbonyl (C=O) groups is 1. The molecule has 1 unspecified atom stereocenters. The molecule has 2 nitrogen and oxygen atoms in total. The molecule has 0 fully saturated rings. The lowest BCUT2D eigenvalue weighted by Crippen LogP contribution is -2.37. The monoisotopic (exact) mass is 265 g/mol. The highest BCUT2D eigenvalue weighted by Gasteiger charge is 2.16. The van der Waals surface area contributed by atoms with Gasteiger partial charge in [0.2, 0.25) is 0 Å². The lowest BCUT2D eigenvalue weighted by Gasteiger charge is -2.25. The van der Waals surface area contributed by atoms with Crippen molar-refractivity contribution in [2.24, 2.45) is 0 Å². The molecule has 0 amide bonds. The van der Waals surface area contributed by atoms with Crippen LogP contribution in [0.2, 0.25) is 0 Å². The second-order valence-electron chi connectivity index (χ2n) is 4.72. The van der Waals surface area contributed by atoms with Crippen molar-refractivity contribution in [3.8, 4) is 0 Å². The van der Waals surface area contributed by atoms with Crippen LogP contribution in [-0.4, -0.2) is 42.3 Å². The first-order valence-corrected chi connectivity index (χ1v) is 7.77. The lowest BCUT2D eigenvalue weighted by molar-refractivity contribution is 0.0925. The third kappa shape index (κ3) is 4.46. The molecule has 1 atom stereocenters. The highest BCUT2D eigenvalue weighted by Crippen LogP contribution is 2.10. The van der Waals surface area contributed by atoms with Gasteiger partial charge < -0.3 is 0 Å². The molecule has 0 saturated heterocycles. The number of aryl methyl sites for hydroxylation is 1. The van der Waals surface area contributed by atoms with Gasteiger partial charge in [-0.3, -0.25) is 9.69 Å². The summed E-state index contributed by atoms with van der Waals surface area (Å²) in [4.78, 5) is 14.3. The molecule has 0 bridgehead atoms. The summed E-state index contributed by atoms with van der Waals surface area (Å²) in [6, 6.07) is 8.30. The van der Waals surface area contributed by atoms with Gasteiger partial charge in [-0.1, -0.05) is 36.8 Å². The molecule has 0 spiro atoms. The second kappa shape index (κ2) is 7.59. The zero-order valence-corrected chi connectivity index (χ0v) is 12.6. The molecule has 3 heteroatoms. The third-order valence-electron chi connectivity index (χ3n) is 3.22. The van der Waals surface area contributed by atoms with Crippen molar-refractivity contribution >= 4 is 17.5 Å². The van der Waals surface area contributed by atoms with Crippen molar-refractivity contribution in [2.75, 3.05) is 25.6 Å². The van der Waals surface area contributed by atoms with Crippen molar-refractivity contribution in [3.05, 3.63) is 35.4 Å². The summed E-state index contributed by atoms with van der Waals surface area (Å²) in [5.41, 5.74) is 2.00. The lowest BCUT2D eigenvalue weighted by atomic mass is 10.1. The Balaban J connectivity index is 2.60. The summed E-state index contributed by atoms with van der Waals surface area (Å²) in [6.45, 7) is 4.71. The van der Waals surface area contributed by atoms with Crippen LogP contribution in [0.5, 0.6) is 0 Å². The Morgan fingerprint density at radius 1 is 1.33 bits per heavy atom. The zero-order valence-electron chi connectivity index (χ0n) is 11.8. The van der Waals surface area contributed by atoms with Crippen LogP contribution in [-0.2, 0) is 0 Å². The van der Waals surface area contributed by atoms with Gasteiger partial charge in [0.05, 0.1) is 6.54 Å². The van der Waals surface area contributed by atoms with E-state index in [9.17, 15) is 4.79 Å². The SMILES string of the molecule is CCC(CSC)N(C)CC(=O)c1ccc(C)cc1. The average molecular weight is 265 g/mol. The van der Waals surface area contributed by atoms with Gasteiger partial charge in [0.1, 0.15) is 0 Å². The fourth-order valence-corrected chi connectivity index (χ4v) is 2.81. The second-order valence-corrected chi connectivity index (χ2v) is 5.63. The van der Waals surface area contributed by atoms with Gasteiger partial charge in [-0.15, -0.1) is 0 Å². The summed E-state index contributed by atoms with van der Waals surface area (Å²) in [5.74, 6) is 1.28. The van der Waals surface area contributed by atoms with E-state index in [1.807, 2.05) is 50.0 Å². The minimum atomic E-state index is 0.206. The van der Waals surface area contributed by atoms with Gasteiger partial charge in [0, 0.05) is 17.4 Å². The number of thioether (sulfide) groups is 1. The van der Waals surface area contributed by atoms with Crippen LogP contribution in [0.1, 0.15) is 29.3 Å². The maximum Gasteiger partial charge on any atom is 0.176 e. The Kier molecular flexibility index (Phi) is 6.44. The zero-order chi connectivity index (χ0) is 13.5. The third-order valence-corrected chi connectivity index (χ3v) is 3.94. The molecule has 0 aliphatic heterocycles. The first-order chi connectivity index (χ1) is 8.58. The van der Waals surface area contributed by atoms with Crippen molar-refractivity contribution in [3.63, 3.8) is 0 Å². The number of ketones is 1. The van der Waals surface area contributed by atoms with E-state index >= 15 is 0 Å². The molecular weight excluding hydrogens is 242 g/mol. The summed E-state index contributed by atoms with van der Waals surface area (Å²) in [5, 5.41) is 0. The van der Waals surface area contributed by atoms with Gasteiger partial charge in [0.15, 0.2) is 5.78 Å². The maximum absolute atomic E-state index is 12.1. The van der Waals surface area contributed by atoms with Crippen molar-refractivity contribution < 1.29 is 4.79 Å². The van der Waals surface area contributed by atoms with Gasteiger partial charge in [0.25, 0.3) is 0 Å². The normalized spacial score (nSPS) is 12.7. The predicted molar refractivity (Wildman–Crippen MR) is 80.6 cm³/mol. The van der Waals surface area contributed by atoms with E-state index in [0.29, 0.717) is 12.6 Å². The minimum absolute atomic E-state index is 0.206. The van der Waals surface area contributed by atoms with Gasteiger partial charge in [-0.05, 0) is 26.6 Å². The summed E-state index contributed by atoms with van der Waals surface area (Å²) < 4.78 is 0. The average Bonchev–Trinajstić information content (AvgIpc) is 2.36. The molecule has 1 rings (SSSR count). The van der Waals surface area contributed by atoms with E-state index < -0.39 is 0 Å². The van der Waals surface area contributed by atoms with Crippen molar-refractivity contribution in [2.45, 2.75) is 26.3 Å². The minimum Gasteiger partial charge on any atom is -0.295 e. The maximum atomic E-state index is 12.1. The van der Waals surface area contributed by atoms with Gasteiger partial charge >= 0.3 is 0 Å². The van der Waals surface area contributed by atoms with E-state index in [1.165, 1.54) is 5.56 Å². The molecule has 0 saturated carbocycles. The standard InChI is InChI=1S/C15H23NOS/c1-5-14(11-18-4)16(3)10-15(17)13-8-6-12(2)7-9-13/h6-9,14H,5,10-11H2,1-4H3. The number of carbonyl (C=O) groups excluding carboxylic acids is 1. The Morgan fingerprint density at radius 2 is 1.94 bits per heavy atom. The van der Waals surface area contributed by atoms with E-state index in [-0.39, 0.29) is 5.78 Å². The van der Waals surface area contributed by atoms with Crippen LogP contribution in [0.25, 0.3) is 0 Å². The van der Waals surface area contributed by atoms with Gasteiger partial charge in [-0.2, -0.15) is 11.8 Å². The molecule has 0 radical (unpaired) electrons. The van der Waals surface area contributed by atoms with Crippen LogP contribution in [0.4, 0.5) is 0 Å². The molecule has 0 aliphatic carbocycles. The highest BCUT2D eigenvalue weighted by atomic mass is 32.2. The van der Waals surface area contributed by atoms with E-state index in [1.54, 1.807) is 0 Å². The molecule has 18 heavy (non-hydrogen) atoms. The topological polar surface area (TPSA) is 20.3 Å². The number of nitrogens with zero attached hydrogens (tertiary/aromatic N) is 1. The molecular formula is C15H23NOS. The number of rotatable bonds is 7. The Hall–Kier alpha value is -0.800. The summed E-state index contributed by atoms with van der Waals surface area (Å²) in [6.07, 6.45) is 3.19. The smallest absolute Gasteiger partial charge is 0.176 e. The number of Topliss-reactive ketones (excluding diaryl/α,β-unsaturated/α-hetero) is 1. The number of likely N-dealkylation sites (N-methyl/N-ethyl adjacent to an activating group) is 1. The first-order valence-electron chi connectivity index (χ1n) is 6.37. The quantitative estimate of drug-likeness (QED) is 0.706. The number of hydrogen-bond acceptors (Lipinski definition) is 3. The van der Waals surface area contributed by atoms with Crippen LogP contribution in [0.15, 0.2) is 24.3 Å². The summed E-state index contributed by atoms with van der Waals surface area (Å²) >= 11 is 1.83. The first kappa shape index (κ1) is 15.3. The number of benzene rings is 1. The van der Waals surface area contributed by atoms with Crippen molar-refractivity contribution in [1.82, 2.24) is 4.90 Å². The Labute approximate surface area is 115 Å². The van der Waals surface area contributed by atoms with Crippen LogP contribution < -0.4 is 0 Å². The summed E-state index contributed by atoms with van der Waals surface area (Å²) in [7, 11) is 2.04. The molecule has 0 aliphatic rings. The van der Waals surface area contributed by atoms with E-state index in [0.717, 1.165) is 17.7 Å². The predicted octanol–water partition coefficient (Wildman–Crippen LogP) is 3.25. The fourth-order valence-electron chi connectivity index (χ4n) is 1.94. The Morgan fingerprint density at radius 3 is 2.44 bits per heavy atom. The number of hydrogen-bond donors (Lipinski definition) is 0. The highest BCUT2D eigenvalue weighted by molar-refractivity contribution is 7.98. The molecule has 1 aromatic carbocycles. The molecule has 1 aromatic rings. The van der Waals surface area contributed by atoms with Crippen LogP contribution in [0, 0.1) is 6.92 Å². The van der Waals surface area contributed by atoms with Crippen molar-refractivity contribution in [1.29, 1.82) is 0 Å². The fraction of sp³-hybridized carbons (Fsp3) is 0.533. The molecule has 0 N–H and O–H groups in total. The van der Waals surface area contributed by atoms with E-state index in [4.69, 9.17) is 0 Å². The molecule has 0 aromatic heterocycles. The van der Waals surface area contributed by atoms with Gasteiger partial charge in [-0.25, -0.2) is 0 Å². The van der Waals surface area contributed by atoms with E-state index in [2.05, 4.69) is 18.1 Å². The van der Waals surface area contributed by atoms with Crippen LogP contribution >= 0.6 is 11.8 Å². The Bertz CT molecular complexity index is 375. The molecule has 0 heterocycles.